The molecule has 0 aliphatic carbocycles. The first-order valence-electron chi connectivity index (χ1n) is 5.51. The zero-order valence-corrected chi connectivity index (χ0v) is 11.0. The number of nitrogens with zero attached hydrogens (tertiary/aromatic N) is 2. The Labute approximate surface area is 105 Å². The molecule has 0 spiro atoms. The zero-order chi connectivity index (χ0) is 14.5. The Morgan fingerprint density at radius 1 is 1.00 bits per heavy atom. The first-order chi connectivity index (χ1) is 8.22. The highest BCUT2D eigenvalue weighted by molar-refractivity contribution is 5.93. The molecule has 0 aromatic carbocycles. The summed E-state index contributed by atoms with van der Waals surface area (Å²) < 4.78 is 0. The van der Waals surface area contributed by atoms with Crippen LogP contribution in [-0.2, 0) is 19.2 Å². The third-order valence-electron chi connectivity index (χ3n) is 2.51. The Bertz CT molecular complexity index is 352. The highest BCUT2D eigenvalue weighted by Gasteiger charge is 2.29. The molecular formula is C11H18N2O5. The van der Waals surface area contributed by atoms with Crippen molar-refractivity contribution in [3.8, 4) is 0 Å². The van der Waals surface area contributed by atoms with Gasteiger partial charge in [-0.05, 0) is 6.42 Å². The van der Waals surface area contributed by atoms with Gasteiger partial charge in [-0.3, -0.25) is 19.3 Å². The van der Waals surface area contributed by atoms with Gasteiger partial charge in [-0.15, -0.1) is 0 Å². The lowest BCUT2D eigenvalue weighted by atomic mass is 10.2. The summed E-state index contributed by atoms with van der Waals surface area (Å²) in [6, 6.07) is -1.05. The molecule has 102 valence electrons. The highest BCUT2D eigenvalue weighted by atomic mass is 16.4. The van der Waals surface area contributed by atoms with E-state index in [9.17, 15) is 19.2 Å². The minimum Gasteiger partial charge on any atom is -0.480 e. The van der Waals surface area contributed by atoms with Crippen molar-refractivity contribution in [2.45, 2.75) is 40.2 Å². The maximum Gasteiger partial charge on any atom is 0.326 e. The fourth-order valence-electron chi connectivity index (χ4n) is 1.52. The lowest BCUT2D eigenvalue weighted by Crippen LogP contribution is -2.51. The lowest BCUT2D eigenvalue weighted by Gasteiger charge is -2.31. The Morgan fingerprint density at radius 2 is 1.44 bits per heavy atom. The molecular weight excluding hydrogens is 240 g/mol. The van der Waals surface area contributed by atoms with Crippen molar-refractivity contribution in [1.82, 2.24) is 9.80 Å². The van der Waals surface area contributed by atoms with Crippen LogP contribution < -0.4 is 0 Å². The van der Waals surface area contributed by atoms with Crippen LogP contribution >= 0.6 is 0 Å². The van der Waals surface area contributed by atoms with Gasteiger partial charge in [0.25, 0.3) is 0 Å². The van der Waals surface area contributed by atoms with Crippen LogP contribution in [0.1, 0.15) is 34.1 Å². The van der Waals surface area contributed by atoms with Crippen LogP contribution in [0.3, 0.4) is 0 Å². The normalized spacial score (nSPS) is 11.6. The zero-order valence-electron chi connectivity index (χ0n) is 11.0. The maximum absolute atomic E-state index is 11.4. The number of carbonyl (C=O) groups is 4. The molecule has 3 amide bonds. The summed E-state index contributed by atoms with van der Waals surface area (Å²) in [7, 11) is 0. The van der Waals surface area contributed by atoms with Crippen LogP contribution in [-0.4, -0.2) is 51.3 Å². The fraction of sp³-hybridized carbons (Fsp3) is 0.636. The molecule has 1 atom stereocenters. The van der Waals surface area contributed by atoms with Crippen LogP contribution in [0.4, 0.5) is 0 Å². The van der Waals surface area contributed by atoms with Gasteiger partial charge >= 0.3 is 5.97 Å². The molecule has 0 bridgehead atoms. The number of aliphatic carboxylic acids is 1. The van der Waals surface area contributed by atoms with Crippen molar-refractivity contribution in [2.24, 2.45) is 0 Å². The number of carboxylic acids is 1. The predicted octanol–water partition coefficient (Wildman–Crippen LogP) is 0.0506. The number of amides is 3. The van der Waals surface area contributed by atoms with Gasteiger partial charge in [0.05, 0.1) is 0 Å². The predicted molar refractivity (Wildman–Crippen MR) is 62.3 cm³/mol. The second-order valence-electron chi connectivity index (χ2n) is 3.86. The van der Waals surface area contributed by atoms with Gasteiger partial charge < -0.3 is 10.0 Å². The summed E-state index contributed by atoms with van der Waals surface area (Å²) in [6.45, 7) is 4.83. The number of carboxylic acid groups (broad SMARTS) is 1. The van der Waals surface area contributed by atoms with E-state index in [2.05, 4.69) is 0 Å². The van der Waals surface area contributed by atoms with Gasteiger partial charge in [0, 0.05) is 20.8 Å². The van der Waals surface area contributed by atoms with E-state index in [0.717, 1.165) is 9.80 Å². The monoisotopic (exact) mass is 258 g/mol. The van der Waals surface area contributed by atoms with Crippen molar-refractivity contribution in [3.63, 3.8) is 0 Å². The molecule has 0 aromatic heterocycles. The van der Waals surface area contributed by atoms with E-state index in [1.54, 1.807) is 6.92 Å². The lowest BCUT2D eigenvalue weighted by molar-refractivity contribution is -0.156. The molecule has 0 aliphatic heterocycles. The largest absolute Gasteiger partial charge is 0.480 e. The van der Waals surface area contributed by atoms with Gasteiger partial charge in [0.1, 0.15) is 12.7 Å². The summed E-state index contributed by atoms with van der Waals surface area (Å²) in [5.74, 6) is -2.74. The van der Waals surface area contributed by atoms with E-state index >= 15 is 0 Å². The van der Waals surface area contributed by atoms with Crippen LogP contribution in [0.25, 0.3) is 0 Å². The standard InChI is InChI=1S/C11H18N2O5/c1-5-10(11(17)18)13(9(4)16)6-12(7(2)14)8(3)15/h10H,5-6H2,1-4H3,(H,17,18). The van der Waals surface area contributed by atoms with Crippen molar-refractivity contribution in [1.29, 1.82) is 0 Å². The average molecular weight is 258 g/mol. The van der Waals surface area contributed by atoms with Gasteiger partial charge in [0.15, 0.2) is 0 Å². The second-order valence-corrected chi connectivity index (χ2v) is 3.86. The topological polar surface area (TPSA) is 95.0 Å². The van der Waals surface area contributed by atoms with Crippen molar-refractivity contribution in [2.75, 3.05) is 6.67 Å². The molecule has 0 heterocycles. The SMILES string of the molecule is CCC(C(=O)O)N(CN(C(C)=O)C(C)=O)C(C)=O. The number of rotatable bonds is 5. The minimum atomic E-state index is -1.17. The Hall–Kier alpha value is -1.92. The molecule has 0 rings (SSSR count). The first-order valence-corrected chi connectivity index (χ1v) is 5.51. The highest BCUT2D eigenvalue weighted by Crippen LogP contribution is 2.07. The molecule has 18 heavy (non-hydrogen) atoms. The smallest absolute Gasteiger partial charge is 0.326 e. The van der Waals surface area contributed by atoms with Crippen LogP contribution in [0, 0.1) is 0 Å². The average Bonchev–Trinajstić information content (AvgIpc) is 2.21. The summed E-state index contributed by atoms with van der Waals surface area (Å²) in [6.07, 6.45) is 0.193. The van der Waals surface area contributed by atoms with Crippen LogP contribution in [0.5, 0.6) is 0 Å². The number of hydrogen-bond donors (Lipinski definition) is 1. The molecule has 0 fully saturated rings. The van der Waals surface area contributed by atoms with Crippen molar-refractivity contribution >= 4 is 23.7 Å². The Balaban J connectivity index is 5.13. The van der Waals surface area contributed by atoms with E-state index in [1.807, 2.05) is 0 Å². The Kier molecular flexibility index (Phi) is 6.01. The van der Waals surface area contributed by atoms with Gasteiger partial charge in [-0.1, -0.05) is 6.92 Å². The van der Waals surface area contributed by atoms with E-state index in [-0.39, 0.29) is 13.1 Å². The van der Waals surface area contributed by atoms with Gasteiger partial charge in [0.2, 0.25) is 17.7 Å². The van der Waals surface area contributed by atoms with Crippen LogP contribution in [0.15, 0.2) is 0 Å². The van der Waals surface area contributed by atoms with Gasteiger partial charge in [-0.25, -0.2) is 4.79 Å². The summed E-state index contributed by atoms with van der Waals surface area (Å²) >= 11 is 0. The molecule has 0 saturated heterocycles. The molecule has 0 saturated carbocycles. The van der Waals surface area contributed by atoms with Crippen LogP contribution in [0.2, 0.25) is 0 Å². The van der Waals surface area contributed by atoms with E-state index in [4.69, 9.17) is 5.11 Å². The van der Waals surface area contributed by atoms with Gasteiger partial charge in [-0.2, -0.15) is 0 Å². The first kappa shape index (κ1) is 16.1. The third-order valence-corrected chi connectivity index (χ3v) is 2.51. The number of hydrogen-bond acceptors (Lipinski definition) is 4. The van der Waals surface area contributed by atoms with Crippen molar-refractivity contribution < 1.29 is 24.3 Å². The molecule has 0 radical (unpaired) electrons. The molecule has 7 nitrogen and oxygen atoms in total. The maximum atomic E-state index is 11.4. The molecule has 1 N–H and O–H groups in total. The summed E-state index contributed by atoms with van der Waals surface area (Å²) in [4.78, 5) is 46.8. The quantitative estimate of drug-likeness (QED) is 0.703. The molecule has 0 aromatic rings. The molecule has 1 unspecified atom stereocenters. The van der Waals surface area contributed by atoms with E-state index in [0.29, 0.717) is 0 Å². The fourth-order valence-corrected chi connectivity index (χ4v) is 1.52. The summed E-state index contributed by atoms with van der Waals surface area (Å²) in [5.41, 5.74) is 0. The summed E-state index contributed by atoms with van der Waals surface area (Å²) in [5, 5.41) is 9.00. The Morgan fingerprint density at radius 3 is 1.67 bits per heavy atom. The number of carbonyl (C=O) groups excluding carboxylic acids is 3. The second kappa shape index (κ2) is 6.73. The van der Waals surface area contributed by atoms with E-state index in [1.165, 1.54) is 20.8 Å². The molecule has 0 aliphatic rings. The number of imide groups is 1. The van der Waals surface area contributed by atoms with E-state index < -0.39 is 29.7 Å². The minimum absolute atomic E-state index is 0.193. The van der Waals surface area contributed by atoms with Crippen molar-refractivity contribution in [3.05, 3.63) is 0 Å². The molecule has 7 heteroatoms. The third kappa shape index (κ3) is 4.15.